The van der Waals surface area contributed by atoms with Gasteiger partial charge in [0.05, 0.1) is 13.2 Å². The van der Waals surface area contributed by atoms with Gasteiger partial charge in [0.15, 0.2) is 0 Å². The van der Waals surface area contributed by atoms with Crippen LogP contribution in [0.3, 0.4) is 0 Å². The summed E-state index contributed by atoms with van der Waals surface area (Å²) in [4.78, 5) is 11.3. The summed E-state index contributed by atoms with van der Waals surface area (Å²) in [7, 11) is 1.61. The Kier molecular flexibility index (Phi) is 3.10. The number of carbonyl (C=O) groups is 1. The normalized spacial score (nSPS) is 24.2. The summed E-state index contributed by atoms with van der Waals surface area (Å²) in [6.45, 7) is 0.0232. The second-order valence-corrected chi connectivity index (χ2v) is 3.97. The molecule has 1 aromatic carbocycles. The first-order valence-electron chi connectivity index (χ1n) is 5.28. The van der Waals surface area contributed by atoms with E-state index in [1.807, 2.05) is 24.3 Å². The zero-order chi connectivity index (χ0) is 11.5. The molecule has 1 fully saturated rings. The number of rotatable bonds is 3. The third-order valence-electron chi connectivity index (χ3n) is 2.94. The van der Waals surface area contributed by atoms with Gasteiger partial charge in [-0.15, -0.1) is 0 Å². The van der Waals surface area contributed by atoms with Gasteiger partial charge < -0.3 is 15.2 Å². The van der Waals surface area contributed by atoms with Crippen molar-refractivity contribution >= 4 is 5.91 Å². The first-order valence-corrected chi connectivity index (χ1v) is 5.28. The molecular weight excluding hydrogens is 206 g/mol. The van der Waals surface area contributed by atoms with Gasteiger partial charge in [-0.1, -0.05) is 12.1 Å². The van der Waals surface area contributed by atoms with E-state index in [1.165, 1.54) is 0 Å². The fourth-order valence-electron chi connectivity index (χ4n) is 2.04. The number of hydrogen-bond acceptors (Lipinski definition) is 3. The Hall–Kier alpha value is -1.55. The Morgan fingerprint density at radius 3 is 2.69 bits per heavy atom. The largest absolute Gasteiger partial charge is 0.497 e. The minimum absolute atomic E-state index is 0.000122. The van der Waals surface area contributed by atoms with Gasteiger partial charge in [-0.2, -0.15) is 0 Å². The van der Waals surface area contributed by atoms with Crippen LogP contribution < -0.4 is 10.1 Å². The molecule has 2 N–H and O–H groups in total. The van der Waals surface area contributed by atoms with Gasteiger partial charge in [-0.05, 0) is 17.7 Å². The molecule has 0 unspecified atom stereocenters. The van der Waals surface area contributed by atoms with Crippen LogP contribution in [0.1, 0.15) is 18.0 Å². The van der Waals surface area contributed by atoms with E-state index in [0.717, 1.165) is 11.3 Å². The van der Waals surface area contributed by atoms with Crippen molar-refractivity contribution in [2.45, 2.75) is 12.5 Å². The number of nitrogens with one attached hydrogen (secondary N) is 1. The first-order chi connectivity index (χ1) is 7.74. The number of ether oxygens (including phenoxy) is 1. The highest BCUT2D eigenvalue weighted by Crippen LogP contribution is 2.30. The van der Waals surface area contributed by atoms with Crippen molar-refractivity contribution in [2.75, 3.05) is 13.7 Å². The highest BCUT2D eigenvalue weighted by molar-refractivity contribution is 5.79. The molecular formula is C12H15NO3. The lowest BCUT2D eigenvalue weighted by Crippen LogP contribution is -2.21. The molecule has 0 spiro atoms. The van der Waals surface area contributed by atoms with Crippen LogP contribution in [0.25, 0.3) is 0 Å². The lowest BCUT2D eigenvalue weighted by atomic mass is 9.95. The van der Waals surface area contributed by atoms with Crippen LogP contribution in [0.4, 0.5) is 0 Å². The van der Waals surface area contributed by atoms with Crippen LogP contribution in [0.2, 0.25) is 0 Å². The Morgan fingerprint density at radius 2 is 2.12 bits per heavy atom. The fourth-order valence-corrected chi connectivity index (χ4v) is 2.04. The predicted molar refractivity (Wildman–Crippen MR) is 59.1 cm³/mol. The van der Waals surface area contributed by atoms with E-state index in [-0.39, 0.29) is 24.5 Å². The molecule has 4 heteroatoms. The quantitative estimate of drug-likeness (QED) is 0.796. The van der Waals surface area contributed by atoms with E-state index >= 15 is 0 Å². The van der Waals surface area contributed by atoms with Gasteiger partial charge in [-0.3, -0.25) is 4.79 Å². The maximum atomic E-state index is 11.3. The number of aliphatic hydroxyl groups excluding tert-OH is 1. The summed E-state index contributed by atoms with van der Waals surface area (Å²) in [5.74, 6) is 0.759. The molecule has 0 aromatic heterocycles. The minimum Gasteiger partial charge on any atom is -0.497 e. The summed E-state index contributed by atoms with van der Waals surface area (Å²) in [5, 5.41) is 12.1. The number of methoxy groups -OCH3 is 1. The van der Waals surface area contributed by atoms with Crippen molar-refractivity contribution in [1.82, 2.24) is 5.32 Å². The first kappa shape index (κ1) is 11.0. The average molecular weight is 221 g/mol. The maximum absolute atomic E-state index is 11.3. The van der Waals surface area contributed by atoms with Crippen molar-refractivity contribution < 1.29 is 14.6 Å². The van der Waals surface area contributed by atoms with E-state index in [4.69, 9.17) is 4.74 Å². The lowest BCUT2D eigenvalue weighted by Gasteiger charge is -2.17. The summed E-state index contributed by atoms with van der Waals surface area (Å²) >= 11 is 0. The van der Waals surface area contributed by atoms with Crippen molar-refractivity contribution in [2.24, 2.45) is 5.92 Å². The summed E-state index contributed by atoms with van der Waals surface area (Å²) in [6, 6.07) is 7.46. The van der Waals surface area contributed by atoms with E-state index in [0.29, 0.717) is 6.42 Å². The standard InChI is InChI=1S/C12H15NO3/c1-16-10-4-2-8(3-5-10)12-9(7-14)6-11(15)13-12/h2-5,9,12,14H,6-7H2,1H3,(H,13,15)/t9-,12-/m1/s1. The van der Waals surface area contributed by atoms with E-state index < -0.39 is 0 Å². The number of aliphatic hydroxyl groups is 1. The zero-order valence-electron chi connectivity index (χ0n) is 9.14. The molecule has 1 aliphatic heterocycles. The molecule has 2 rings (SSSR count). The Balaban J connectivity index is 2.19. The van der Waals surface area contributed by atoms with E-state index in [2.05, 4.69) is 5.32 Å². The highest BCUT2D eigenvalue weighted by Gasteiger charge is 2.32. The molecule has 4 nitrogen and oxygen atoms in total. The smallest absolute Gasteiger partial charge is 0.220 e. The maximum Gasteiger partial charge on any atom is 0.220 e. The molecule has 0 saturated carbocycles. The minimum atomic E-state index is -0.0802. The molecule has 86 valence electrons. The van der Waals surface area contributed by atoms with Crippen molar-refractivity contribution in [1.29, 1.82) is 0 Å². The van der Waals surface area contributed by atoms with Gasteiger partial charge in [0, 0.05) is 18.9 Å². The molecule has 1 amide bonds. The molecule has 0 aliphatic carbocycles. The molecule has 0 radical (unpaired) electrons. The Bertz CT molecular complexity index is 374. The van der Waals surface area contributed by atoms with Crippen LogP contribution in [0, 0.1) is 5.92 Å². The number of carbonyl (C=O) groups excluding carboxylic acids is 1. The van der Waals surface area contributed by atoms with Crippen molar-refractivity contribution in [3.63, 3.8) is 0 Å². The van der Waals surface area contributed by atoms with E-state index in [1.54, 1.807) is 7.11 Å². The van der Waals surface area contributed by atoms with E-state index in [9.17, 15) is 9.90 Å². The number of amides is 1. The van der Waals surface area contributed by atoms with Crippen LogP contribution in [-0.4, -0.2) is 24.7 Å². The second kappa shape index (κ2) is 4.53. The molecule has 16 heavy (non-hydrogen) atoms. The van der Waals surface area contributed by atoms with Gasteiger partial charge in [0.25, 0.3) is 0 Å². The van der Waals surface area contributed by atoms with Gasteiger partial charge in [-0.25, -0.2) is 0 Å². The van der Waals surface area contributed by atoms with Gasteiger partial charge >= 0.3 is 0 Å². The Morgan fingerprint density at radius 1 is 1.44 bits per heavy atom. The second-order valence-electron chi connectivity index (χ2n) is 3.97. The summed E-state index contributed by atoms with van der Waals surface area (Å²) in [5.41, 5.74) is 1.01. The van der Waals surface area contributed by atoms with Crippen molar-refractivity contribution in [3.05, 3.63) is 29.8 Å². The molecule has 1 aliphatic rings. The topological polar surface area (TPSA) is 58.6 Å². The fraction of sp³-hybridized carbons (Fsp3) is 0.417. The lowest BCUT2D eigenvalue weighted by molar-refractivity contribution is -0.119. The van der Waals surface area contributed by atoms with Crippen LogP contribution in [0.15, 0.2) is 24.3 Å². The predicted octanol–water partition coefficient (Wildman–Crippen LogP) is 0.865. The summed E-state index contributed by atoms with van der Waals surface area (Å²) < 4.78 is 5.07. The van der Waals surface area contributed by atoms with Gasteiger partial charge in [0.1, 0.15) is 5.75 Å². The van der Waals surface area contributed by atoms with Gasteiger partial charge in [0.2, 0.25) is 5.91 Å². The zero-order valence-corrected chi connectivity index (χ0v) is 9.14. The monoisotopic (exact) mass is 221 g/mol. The van der Waals surface area contributed by atoms with Crippen LogP contribution >= 0.6 is 0 Å². The Labute approximate surface area is 94.2 Å². The molecule has 0 bridgehead atoms. The SMILES string of the molecule is COc1ccc([C@H]2NC(=O)C[C@@H]2CO)cc1. The molecule has 2 atom stereocenters. The highest BCUT2D eigenvalue weighted by atomic mass is 16.5. The average Bonchev–Trinajstić information content (AvgIpc) is 2.70. The van der Waals surface area contributed by atoms with Crippen LogP contribution in [-0.2, 0) is 4.79 Å². The third kappa shape index (κ3) is 2.02. The summed E-state index contributed by atoms with van der Waals surface area (Å²) in [6.07, 6.45) is 0.396. The molecule has 1 heterocycles. The van der Waals surface area contributed by atoms with Crippen molar-refractivity contribution in [3.8, 4) is 5.75 Å². The molecule has 1 saturated heterocycles. The number of benzene rings is 1. The molecule has 1 aromatic rings. The number of hydrogen-bond donors (Lipinski definition) is 2. The van der Waals surface area contributed by atoms with Crippen LogP contribution in [0.5, 0.6) is 5.75 Å². The third-order valence-corrected chi connectivity index (χ3v) is 2.94.